The summed E-state index contributed by atoms with van der Waals surface area (Å²) in [5.74, 6) is -1.65. The predicted molar refractivity (Wildman–Crippen MR) is 160 cm³/mol. The van der Waals surface area contributed by atoms with Crippen LogP contribution >= 0.6 is 0 Å². The molecule has 0 saturated carbocycles. The Balaban J connectivity index is 1.92. The summed E-state index contributed by atoms with van der Waals surface area (Å²) in [5.41, 5.74) is 25.5. The van der Waals surface area contributed by atoms with Gasteiger partial charge in [0.15, 0.2) is 0 Å². The molecule has 1 heterocycles. The van der Waals surface area contributed by atoms with Gasteiger partial charge in [-0.25, -0.2) is 0 Å². The Hall–Kier alpha value is -3.75. The molecule has 2 aromatic rings. The van der Waals surface area contributed by atoms with Crippen molar-refractivity contribution in [3.8, 4) is 22.6 Å². The third kappa shape index (κ3) is 9.13. The van der Waals surface area contributed by atoms with Gasteiger partial charge in [0.05, 0.1) is 6.04 Å². The summed E-state index contributed by atoms with van der Waals surface area (Å²) in [4.78, 5) is 39.8. The van der Waals surface area contributed by atoms with Gasteiger partial charge in [0.1, 0.15) is 23.6 Å². The number of aromatic hydroxyl groups is 2. The van der Waals surface area contributed by atoms with Crippen LogP contribution in [-0.2, 0) is 27.2 Å². The van der Waals surface area contributed by atoms with Gasteiger partial charge in [-0.3, -0.25) is 14.4 Å². The summed E-state index contributed by atoms with van der Waals surface area (Å²) in [6.45, 7) is 2.00. The van der Waals surface area contributed by atoms with Gasteiger partial charge in [0.2, 0.25) is 17.7 Å². The largest absolute Gasteiger partial charge is 0.508 e. The number of phenolic OH excluding ortho intramolecular Hbond substituents is 2. The Labute approximate surface area is 245 Å². The predicted octanol–water partition coefficient (Wildman–Crippen LogP) is -1.72. The highest BCUT2D eigenvalue weighted by molar-refractivity contribution is 5.93. The summed E-state index contributed by atoms with van der Waals surface area (Å²) >= 11 is 0. The zero-order valence-electron chi connectivity index (χ0n) is 23.8. The topological polar surface area (TPSA) is 244 Å². The Morgan fingerprint density at radius 2 is 1.50 bits per heavy atom. The number of amides is 3. The van der Waals surface area contributed by atoms with E-state index in [9.17, 15) is 24.6 Å². The minimum Gasteiger partial charge on any atom is -0.508 e. The van der Waals surface area contributed by atoms with Crippen molar-refractivity contribution in [2.45, 2.75) is 56.3 Å². The summed E-state index contributed by atoms with van der Waals surface area (Å²) < 4.78 is 0. The van der Waals surface area contributed by atoms with Crippen LogP contribution in [0.3, 0.4) is 0 Å². The summed E-state index contributed by atoms with van der Waals surface area (Å²) in [5, 5.41) is 32.6. The maximum Gasteiger partial charge on any atom is 0.243 e. The van der Waals surface area contributed by atoms with Crippen LogP contribution in [0.2, 0.25) is 0 Å². The minimum absolute atomic E-state index is 0.0140. The van der Waals surface area contributed by atoms with Crippen LogP contribution in [0, 0.1) is 0 Å². The number of rotatable bonds is 11. The number of hydrogen-bond acceptors (Lipinski definition) is 10. The SMILES string of the molecule is NCCC[C@@H]1NC(=O)[C@H](N)Cc2cc(ccc2O)-c2ccc(O)c(c2)C[C@@H](C(=O)NCCCNC(CN)CN)NC1=O. The minimum atomic E-state index is -1.06. The number of nitrogens with one attached hydrogen (secondary N) is 4. The third-order valence-electron chi connectivity index (χ3n) is 7.31. The van der Waals surface area contributed by atoms with Gasteiger partial charge in [0, 0.05) is 38.5 Å². The van der Waals surface area contributed by atoms with Crippen LogP contribution in [0.5, 0.6) is 11.5 Å². The lowest BCUT2D eigenvalue weighted by Crippen LogP contribution is -2.56. The van der Waals surface area contributed by atoms with E-state index in [1.807, 2.05) is 0 Å². The maximum atomic E-state index is 13.4. The molecule has 42 heavy (non-hydrogen) atoms. The molecular formula is C29H44N8O5. The summed E-state index contributed by atoms with van der Waals surface area (Å²) in [6, 6.07) is 6.79. The molecule has 1 aliphatic rings. The lowest BCUT2D eigenvalue weighted by Gasteiger charge is -2.24. The van der Waals surface area contributed by atoms with E-state index in [0.29, 0.717) is 62.3 Å². The zero-order valence-corrected chi connectivity index (χ0v) is 23.8. The van der Waals surface area contributed by atoms with Gasteiger partial charge in [-0.05, 0) is 78.9 Å². The number of carbonyl (C=O) groups is 3. The average molecular weight is 585 g/mol. The van der Waals surface area contributed by atoms with Crippen LogP contribution in [0.1, 0.15) is 30.4 Å². The van der Waals surface area contributed by atoms with Crippen molar-refractivity contribution in [2.24, 2.45) is 22.9 Å². The van der Waals surface area contributed by atoms with Crippen LogP contribution in [0.25, 0.3) is 11.1 Å². The number of carbonyl (C=O) groups excluding carboxylic acids is 3. The van der Waals surface area contributed by atoms with Gasteiger partial charge >= 0.3 is 0 Å². The number of phenols is 2. The second-order valence-corrected chi connectivity index (χ2v) is 10.5. The summed E-state index contributed by atoms with van der Waals surface area (Å²) in [6.07, 6.45) is 1.28. The van der Waals surface area contributed by atoms with E-state index in [2.05, 4.69) is 21.3 Å². The molecular weight excluding hydrogens is 540 g/mol. The normalized spacial score (nSPS) is 19.4. The summed E-state index contributed by atoms with van der Waals surface area (Å²) in [7, 11) is 0. The van der Waals surface area contributed by atoms with E-state index in [-0.39, 0.29) is 36.8 Å². The van der Waals surface area contributed by atoms with E-state index in [4.69, 9.17) is 22.9 Å². The van der Waals surface area contributed by atoms with Gasteiger partial charge in [-0.1, -0.05) is 12.1 Å². The van der Waals surface area contributed by atoms with E-state index in [1.165, 1.54) is 12.1 Å². The van der Waals surface area contributed by atoms with Crippen LogP contribution in [0.4, 0.5) is 0 Å². The standard InChI is InChI=1S/C29H44N8O5/c30-8-1-3-23-29(42)37-24(28(41)35-10-2-9-34-21(15-31)16-32)14-20-12-18(5-7-26(20)39)17-4-6-25(38)19(11-17)13-22(33)27(40)36-23/h4-7,11-12,21-24,34,38-39H,1-3,8-10,13-16,30-33H2,(H,35,41)(H,36,40)(H,37,42)/t22-,23+,24+/m1/s1. The molecule has 230 valence electrons. The first kappa shape index (κ1) is 32.8. The van der Waals surface area contributed by atoms with E-state index >= 15 is 0 Å². The van der Waals surface area contributed by atoms with E-state index < -0.39 is 35.8 Å². The maximum absolute atomic E-state index is 13.4. The highest BCUT2D eigenvalue weighted by Crippen LogP contribution is 2.30. The molecule has 0 saturated heterocycles. The molecule has 3 atom stereocenters. The average Bonchev–Trinajstić information content (AvgIpc) is 2.98. The molecule has 0 radical (unpaired) electrons. The molecule has 0 aliphatic carbocycles. The first-order valence-corrected chi connectivity index (χ1v) is 14.3. The van der Waals surface area contributed by atoms with Crippen molar-refractivity contribution in [3.05, 3.63) is 47.5 Å². The Morgan fingerprint density at radius 3 is 2.10 bits per heavy atom. The van der Waals surface area contributed by atoms with Gasteiger partial charge in [0.25, 0.3) is 0 Å². The van der Waals surface area contributed by atoms with Crippen molar-refractivity contribution in [2.75, 3.05) is 32.7 Å². The monoisotopic (exact) mass is 584 g/mol. The molecule has 0 aromatic heterocycles. The fraction of sp³-hybridized carbons (Fsp3) is 0.483. The van der Waals surface area contributed by atoms with Crippen molar-refractivity contribution in [3.63, 3.8) is 0 Å². The first-order chi connectivity index (χ1) is 20.2. The number of fused-ring (bicyclic) bond motifs is 5. The molecule has 13 heteroatoms. The Morgan fingerprint density at radius 1 is 0.881 bits per heavy atom. The highest BCUT2D eigenvalue weighted by atomic mass is 16.3. The lowest BCUT2D eigenvalue weighted by atomic mass is 9.95. The molecule has 0 fully saturated rings. The highest BCUT2D eigenvalue weighted by Gasteiger charge is 2.29. The molecule has 0 unspecified atom stereocenters. The Kier molecular flexibility index (Phi) is 12.5. The van der Waals surface area contributed by atoms with Crippen LogP contribution < -0.4 is 44.2 Å². The van der Waals surface area contributed by atoms with E-state index in [1.54, 1.807) is 24.3 Å². The Bertz CT molecular complexity index is 1220. The zero-order chi connectivity index (χ0) is 30.6. The van der Waals surface area contributed by atoms with Crippen molar-refractivity contribution >= 4 is 17.7 Å². The molecule has 2 aromatic carbocycles. The fourth-order valence-corrected chi connectivity index (χ4v) is 4.75. The van der Waals surface area contributed by atoms with E-state index in [0.717, 1.165) is 5.56 Å². The number of nitrogens with two attached hydrogens (primary N) is 4. The number of hydrogen-bond donors (Lipinski definition) is 10. The third-order valence-corrected chi connectivity index (χ3v) is 7.31. The quantitative estimate of drug-likeness (QED) is 0.134. The smallest absolute Gasteiger partial charge is 0.243 e. The van der Waals surface area contributed by atoms with Crippen molar-refractivity contribution in [1.29, 1.82) is 0 Å². The van der Waals surface area contributed by atoms with Crippen LogP contribution in [-0.4, -0.2) is 84.8 Å². The lowest BCUT2D eigenvalue weighted by molar-refractivity contribution is -0.132. The number of benzene rings is 2. The van der Waals surface area contributed by atoms with Crippen molar-refractivity contribution in [1.82, 2.24) is 21.3 Å². The van der Waals surface area contributed by atoms with Gasteiger partial charge < -0.3 is 54.4 Å². The second-order valence-electron chi connectivity index (χ2n) is 10.5. The molecule has 3 amide bonds. The van der Waals surface area contributed by atoms with Crippen LogP contribution in [0.15, 0.2) is 36.4 Å². The molecule has 3 rings (SSSR count). The first-order valence-electron chi connectivity index (χ1n) is 14.3. The molecule has 4 bridgehead atoms. The second kappa shape index (κ2) is 16.0. The van der Waals surface area contributed by atoms with Crippen molar-refractivity contribution < 1.29 is 24.6 Å². The van der Waals surface area contributed by atoms with Gasteiger partial charge in [-0.2, -0.15) is 0 Å². The molecule has 0 spiro atoms. The fourth-order valence-electron chi connectivity index (χ4n) is 4.75. The molecule has 1 aliphatic heterocycles. The molecule has 14 N–H and O–H groups in total. The molecule has 13 nitrogen and oxygen atoms in total. The van der Waals surface area contributed by atoms with Gasteiger partial charge in [-0.15, -0.1) is 0 Å².